The van der Waals surface area contributed by atoms with Gasteiger partial charge in [-0.1, -0.05) is 20.8 Å². The molecule has 2 bridgehead atoms. The number of ether oxygens (including phenoxy) is 1. The Labute approximate surface area is 105 Å². The molecule has 17 heavy (non-hydrogen) atoms. The summed E-state index contributed by atoms with van der Waals surface area (Å²) in [7, 11) is 0. The Hall–Kier alpha value is -0.120. The molecule has 4 fully saturated rings. The van der Waals surface area contributed by atoms with Gasteiger partial charge in [0.25, 0.3) is 0 Å². The fourth-order valence-corrected chi connectivity index (χ4v) is 3.76. The molecule has 1 spiro atoms. The van der Waals surface area contributed by atoms with Crippen molar-refractivity contribution < 1.29 is 4.74 Å². The first-order valence-electron chi connectivity index (χ1n) is 7.14. The van der Waals surface area contributed by atoms with Gasteiger partial charge in [0.05, 0.1) is 6.61 Å². The summed E-state index contributed by atoms with van der Waals surface area (Å²) >= 11 is 0. The van der Waals surface area contributed by atoms with Gasteiger partial charge in [0, 0.05) is 18.5 Å². The molecule has 2 atom stereocenters. The monoisotopic (exact) mass is 238 g/mol. The van der Waals surface area contributed by atoms with Gasteiger partial charge in [-0.2, -0.15) is 0 Å². The van der Waals surface area contributed by atoms with E-state index in [4.69, 9.17) is 4.74 Å². The summed E-state index contributed by atoms with van der Waals surface area (Å²) in [5.74, 6) is 0.734. The average molecular weight is 238 g/mol. The number of fused-ring (bicyclic) bond motifs is 2. The maximum Gasteiger partial charge on any atom is 0.135 e. The van der Waals surface area contributed by atoms with Crippen LogP contribution in [0.4, 0.5) is 0 Å². The molecule has 0 saturated carbocycles. The van der Waals surface area contributed by atoms with Crippen LogP contribution < -0.4 is 5.32 Å². The normalized spacial score (nSPS) is 46.4. The van der Waals surface area contributed by atoms with Crippen LogP contribution >= 0.6 is 0 Å². The Morgan fingerprint density at radius 2 is 1.88 bits per heavy atom. The van der Waals surface area contributed by atoms with Gasteiger partial charge >= 0.3 is 0 Å². The van der Waals surface area contributed by atoms with Gasteiger partial charge in [-0.15, -0.1) is 0 Å². The Bertz CT molecular complexity index is 291. The minimum absolute atomic E-state index is 0.0211. The second kappa shape index (κ2) is 3.94. The predicted octanol–water partition coefficient (Wildman–Crippen LogP) is 1.83. The lowest BCUT2D eigenvalue weighted by Gasteiger charge is -2.57. The average Bonchev–Trinajstić information content (AvgIpc) is 2.29. The van der Waals surface area contributed by atoms with E-state index in [-0.39, 0.29) is 5.72 Å². The van der Waals surface area contributed by atoms with E-state index in [1.54, 1.807) is 0 Å². The fourth-order valence-electron chi connectivity index (χ4n) is 3.76. The summed E-state index contributed by atoms with van der Waals surface area (Å²) in [6.45, 7) is 11.6. The topological polar surface area (TPSA) is 24.5 Å². The van der Waals surface area contributed by atoms with E-state index in [2.05, 4.69) is 31.0 Å². The second-order valence-corrected chi connectivity index (χ2v) is 7.14. The zero-order valence-electron chi connectivity index (χ0n) is 11.5. The molecule has 4 saturated heterocycles. The predicted molar refractivity (Wildman–Crippen MR) is 68.8 cm³/mol. The lowest BCUT2D eigenvalue weighted by molar-refractivity contribution is -0.204. The second-order valence-electron chi connectivity index (χ2n) is 7.14. The number of rotatable bonds is 0. The molecule has 3 heteroatoms. The third-order valence-electron chi connectivity index (χ3n) is 4.94. The summed E-state index contributed by atoms with van der Waals surface area (Å²) in [5.41, 5.74) is 0.315. The number of nitrogens with one attached hydrogen (secondary N) is 1. The highest BCUT2D eigenvalue weighted by Crippen LogP contribution is 2.40. The largest absolute Gasteiger partial charge is 0.359 e. The van der Waals surface area contributed by atoms with E-state index in [1.807, 2.05) is 0 Å². The van der Waals surface area contributed by atoms with Crippen molar-refractivity contribution in [3.05, 3.63) is 0 Å². The van der Waals surface area contributed by atoms with Gasteiger partial charge in [-0.05, 0) is 37.8 Å². The highest BCUT2D eigenvalue weighted by atomic mass is 16.5. The van der Waals surface area contributed by atoms with Gasteiger partial charge in [0.1, 0.15) is 5.72 Å². The molecule has 0 radical (unpaired) electrons. The molecule has 98 valence electrons. The minimum Gasteiger partial charge on any atom is -0.359 e. The molecule has 0 aromatic carbocycles. The van der Waals surface area contributed by atoms with Crippen molar-refractivity contribution in [2.24, 2.45) is 11.3 Å². The molecule has 4 aliphatic rings. The Balaban J connectivity index is 1.79. The van der Waals surface area contributed by atoms with Crippen molar-refractivity contribution >= 4 is 0 Å². The van der Waals surface area contributed by atoms with Crippen molar-refractivity contribution in [3.63, 3.8) is 0 Å². The maximum absolute atomic E-state index is 6.21. The van der Waals surface area contributed by atoms with Crippen LogP contribution in [0.2, 0.25) is 0 Å². The van der Waals surface area contributed by atoms with Crippen molar-refractivity contribution in [1.29, 1.82) is 0 Å². The van der Waals surface area contributed by atoms with Crippen molar-refractivity contribution in [3.8, 4) is 0 Å². The van der Waals surface area contributed by atoms with E-state index >= 15 is 0 Å². The standard InChI is InChI=1S/C14H26N2O/c1-13(2,3)12-6-9-17-14(15-12)10-16-7-4-11(14)5-8-16/h11-12,15H,4-10H2,1-3H3. The Morgan fingerprint density at radius 1 is 1.18 bits per heavy atom. The molecule has 4 rings (SSSR count). The fraction of sp³-hybridized carbons (Fsp3) is 1.00. The van der Waals surface area contributed by atoms with Gasteiger partial charge in [-0.3, -0.25) is 10.2 Å². The highest BCUT2D eigenvalue weighted by molar-refractivity contribution is 5.02. The third kappa shape index (κ3) is 2.02. The highest BCUT2D eigenvalue weighted by Gasteiger charge is 2.51. The summed E-state index contributed by atoms with van der Waals surface area (Å²) in [4.78, 5) is 2.57. The summed E-state index contributed by atoms with van der Waals surface area (Å²) in [6.07, 6.45) is 3.77. The van der Waals surface area contributed by atoms with E-state index < -0.39 is 0 Å². The van der Waals surface area contributed by atoms with Gasteiger partial charge in [0.2, 0.25) is 0 Å². The Morgan fingerprint density at radius 3 is 2.41 bits per heavy atom. The molecule has 0 aromatic rings. The number of nitrogens with zero attached hydrogens (tertiary/aromatic N) is 1. The smallest absolute Gasteiger partial charge is 0.135 e. The first kappa shape index (κ1) is 11.9. The van der Waals surface area contributed by atoms with Crippen molar-refractivity contribution in [1.82, 2.24) is 10.2 Å². The van der Waals surface area contributed by atoms with Crippen LogP contribution in [0.1, 0.15) is 40.0 Å². The molecule has 0 amide bonds. The Kier molecular flexibility index (Phi) is 2.77. The zero-order chi connectivity index (χ0) is 12.1. The first-order chi connectivity index (χ1) is 8.00. The molecule has 4 aliphatic heterocycles. The number of hydrogen-bond donors (Lipinski definition) is 1. The molecule has 3 nitrogen and oxygen atoms in total. The van der Waals surface area contributed by atoms with Gasteiger partial charge < -0.3 is 4.74 Å². The summed E-state index contributed by atoms with van der Waals surface area (Å²) < 4.78 is 6.21. The molecular formula is C14H26N2O. The SMILES string of the molecule is CC(C)(C)C1CCOC2(CN3CCC2CC3)N1. The molecule has 1 N–H and O–H groups in total. The zero-order valence-corrected chi connectivity index (χ0v) is 11.5. The maximum atomic E-state index is 6.21. The van der Waals surface area contributed by atoms with E-state index in [9.17, 15) is 0 Å². The summed E-state index contributed by atoms with van der Waals surface area (Å²) in [6, 6.07) is 0.594. The van der Waals surface area contributed by atoms with Crippen LogP contribution in [0.15, 0.2) is 0 Å². The van der Waals surface area contributed by atoms with Gasteiger partial charge in [-0.25, -0.2) is 0 Å². The molecule has 2 unspecified atom stereocenters. The van der Waals surface area contributed by atoms with Crippen LogP contribution in [0, 0.1) is 11.3 Å². The number of piperidine rings is 3. The lowest BCUT2D eigenvalue weighted by Crippen LogP contribution is -2.72. The van der Waals surface area contributed by atoms with Crippen molar-refractivity contribution in [2.45, 2.75) is 51.8 Å². The molecule has 0 aromatic heterocycles. The van der Waals surface area contributed by atoms with Crippen LogP contribution in [0.25, 0.3) is 0 Å². The van der Waals surface area contributed by atoms with E-state index in [0.717, 1.165) is 25.5 Å². The molecule has 4 heterocycles. The quantitative estimate of drug-likeness (QED) is 0.697. The summed E-state index contributed by atoms with van der Waals surface area (Å²) in [5, 5.41) is 3.88. The molecule has 0 aliphatic carbocycles. The first-order valence-corrected chi connectivity index (χ1v) is 7.14. The molecular weight excluding hydrogens is 212 g/mol. The van der Waals surface area contributed by atoms with E-state index in [0.29, 0.717) is 11.5 Å². The van der Waals surface area contributed by atoms with Crippen LogP contribution in [-0.2, 0) is 4.74 Å². The van der Waals surface area contributed by atoms with Crippen LogP contribution in [0.3, 0.4) is 0 Å². The van der Waals surface area contributed by atoms with Crippen molar-refractivity contribution in [2.75, 3.05) is 26.2 Å². The van der Waals surface area contributed by atoms with Crippen LogP contribution in [-0.4, -0.2) is 42.9 Å². The minimum atomic E-state index is -0.0211. The number of hydrogen-bond acceptors (Lipinski definition) is 3. The lowest BCUT2D eigenvalue weighted by atomic mass is 9.76. The van der Waals surface area contributed by atoms with Crippen LogP contribution in [0.5, 0.6) is 0 Å². The third-order valence-corrected chi connectivity index (χ3v) is 4.94. The van der Waals surface area contributed by atoms with E-state index in [1.165, 1.54) is 25.9 Å². The van der Waals surface area contributed by atoms with Gasteiger partial charge in [0.15, 0.2) is 0 Å².